The summed E-state index contributed by atoms with van der Waals surface area (Å²) in [6, 6.07) is 19.2. The van der Waals surface area contributed by atoms with E-state index in [9.17, 15) is 9.59 Å². The molecule has 33 heavy (non-hydrogen) atoms. The molecule has 0 aromatic heterocycles. The second-order valence-electron chi connectivity index (χ2n) is 8.38. The maximum Gasteiger partial charge on any atom is 0.253 e. The zero-order valence-corrected chi connectivity index (χ0v) is 19.7. The molecule has 0 unspecified atom stereocenters. The summed E-state index contributed by atoms with van der Waals surface area (Å²) in [5.74, 6) is 0.880. The number of fused-ring (bicyclic) bond motifs is 1. The van der Waals surface area contributed by atoms with Gasteiger partial charge in [0.25, 0.3) is 5.91 Å². The summed E-state index contributed by atoms with van der Waals surface area (Å²) in [7, 11) is 3.49. The summed E-state index contributed by atoms with van der Waals surface area (Å²) >= 11 is 6.01. The number of likely N-dealkylation sites (N-methyl/N-ethyl adjacent to an activating group) is 1. The van der Waals surface area contributed by atoms with Crippen LogP contribution >= 0.6 is 11.6 Å². The summed E-state index contributed by atoms with van der Waals surface area (Å²) in [5, 5.41) is 2.78. The van der Waals surface area contributed by atoms with E-state index in [2.05, 4.69) is 17.0 Å². The lowest BCUT2D eigenvalue weighted by Gasteiger charge is -2.35. The highest BCUT2D eigenvalue weighted by atomic mass is 35.5. The van der Waals surface area contributed by atoms with Crippen LogP contribution < -0.4 is 4.74 Å². The average molecular weight is 466 g/mol. The number of amides is 2. The van der Waals surface area contributed by atoms with Gasteiger partial charge < -0.3 is 14.5 Å². The van der Waals surface area contributed by atoms with E-state index in [1.165, 1.54) is 0 Å². The molecule has 172 valence electrons. The number of methoxy groups -OCH3 is 1. The maximum absolute atomic E-state index is 12.8. The van der Waals surface area contributed by atoms with E-state index in [1.807, 2.05) is 36.2 Å². The Morgan fingerprint density at radius 2 is 1.70 bits per heavy atom. The summed E-state index contributed by atoms with van der Waals surface area (Å²) in [4.78, 5) is 31.2. The number of rotatable bonds is 6. The monoisotopic (exact) mass is 465 g/mol. The summed E-state index contributed by atoms with van der Waals surface area (Å²) in [6.07, 6.45) is 0. The molecular weight excluding hydrogens is 438 g/mol. The Bertz CT molecular complexity index is 1160. The van der Waals surface area contributed by atoms with Crippen LogP contribution in [-0.4, -0.2) is 73.4 Å². The van der Waals surface area contributed by atoms with Crippen molar-refractivity contribution in [3.63, 3.8) is 0 Å². The van der Waals surface area contributed by atoms with E-state index in [0.717, 1.165) is 22.1 Å². The smallest absolute Gasteiger partial charge is 0.253 e. The van der Waals surface area contributed by atoms with E-state index < -0.39 is 0 Å². The maximum atomic E-state index is 12.8. The summed E-state index contributed by atoms with van der Waals surface area (Å²) < 4.78 is 5.28. The fourth-order valence-corrected chi connectivity index (χ4v) is 4.28. The van der Waals surface area contributed by atoms with Crippen LogP contribution in [0.2, 0.25) is 5.02 Å². The van der Waals surface area contributed by atoms with Crippen molar-refractivity contribution in [2.75, 3.05) is 46.9 Å². The zero-order valence-electron chi connectivity index (χ0n) is 19.0. The molecule has 0 bridgehead atoms. The molecule has 4 rings (SSSR count). The molecule has 1 aliphatic heterocycles. The highest BCUT2D eigenvalue weighted by molar-refractivity contribution is 6.30. The van der Waals surface area contributed by atoms with Gasteiger partial charge in [-0.05, 0) is 52.7 Å². The van der Waals surface area contributed by atoms with E-state index in [0.29, 0.717) is 49.9 Å². The number of piperazine rings is 1. The molecule has 6 nitrogen and oxygen atoms in total. The largest absolute Gasteiger partial charge is 0.497 e. The highest BCUT2D eigenvalue weighted by Gasteiger charge is 2.24. The van der Waals surface area contributed by atoms with Gasteiger partial charge in [-0.3, -0.25) is 14.5 Å². The van der Waals surface area contributed by atoms with E-state index in [1.54, 1.807) is 36.3 Å². The minimum absolute atomic E-state index is 0.0190. The number of nitrogens with zero attached hydrogens (tertiary/aromatic N) is 3. The third kappa shape index (κ3) is 5.64. The van der Waals surface area contributed by atoms with Crippen LogP contribution in [-0.2, 0) is 11.3 Å². The first-order chi connectivity index (χ1) is 15.9. The van der Waals surface area contributed by atoms with Crippen molar-refractivity contribution in [2.24, 2.45) is 0 Å². The van der Waals surface area contributed by atoms with Crippen molar-refractivity contribution in [2.45, 2.75) is 6.54 Å². The number of carbonyl (C=O) groups excluding carboxylic acids is 2. The Kier molecular flexibility index (Phi) is 7.16. The van der Waals surface area contributed by atoms with Gasteiger partial charge in [-0.1, -0.05) is 35.9 Å². The minimum atomic E-state index is -0.0190. The Hall–Kier alpha value is -3.09. The van der Waals surface area contributed by atoms with Crippen molar-refractivity contribution in [3.8, 4) is 5.75 Å². The second kappa shape index (κ2) is 10.2. The number of halogens is 1. The van der Waals surface area contributed by atoms with E-state index >= 15 is 0 Å². The topological polar surface area (TPSA) is 53.1 Å². The average Bonchev–Trinajstić information content (AvgIpc) is 2.83. The van der Waals surface area contributed by atoms with Gasteiger partial charge in [0, 0.05) is 50.4 Å². The molecule has 3 aromatic carbocycles. The Balaban J connectivity index is 1.29. The van der Waals surface area contributed by atoms with Gasteiger partial charge in [0.05, 0.1) is 13.7 Å². The van der Waals surface area contributed by atoms with E-state index in [4.69, 9.17) is 16.3 Å². The van der Waals surface area contributed by atoms with Crippen LogP contribution in [0.4, 0.5) is 0 Å². The summed E-state index contributed by atoms with van der Waals surface area (Å²) in [6.45, 7) is 3.43. The first-order valence-electron chi connectivity index (χ1n) is 11.0. The SMILES string of the molecule is COc1ccc2cc(CN(C)C(=O)CN3CCN(C(=O)c4cccc(Cl)c4)CC3)ccc2c1. The van der Waals surface area contributed by atoms with Crippen LogP contribution in [0.25, 0.3) is 10.8 Å². The lowest BCUT2D eigenvalue weighted by molar-refractivity contribution is -0.132. The Morgan fingerprint density at radius 3 is 2.42 bits per heavy atom. The molecule has 0 saturated carbocycles. The molecule has 7 heteroatoms. The number of carbonyl (C=O) groups is 2. The van der Waals surface area contributed by atoms with Gasteiger partial charge in [-0.2, -0.15) is 0 Å². The molecule has 1 saturated heterocycles. The van der Waals surface area contributed by atoms with Crippen molar-refractivity contribution >= 4 is 34.2 Å². The third-order valence-corrected chi connectivity index (χ3v) is 6.28. The second-order valence-corrected chi connectivity index (χ2v) is 8.81. The first-order valence-corrected chi connectivity index (χ1v) is 11.4. The first kappa shape index (κ1) is 23.1. The fraction of sp³-hybridized carbons (Fsp3) is 0.308. The molecule has 0 N–H and O–H groups in total. The molecule has 1 aliphatic rings. The van der Waals surface area contributed by atoms with Crippen molar-refractivity contribution in [3.05, 3.63) is 76.8 Å². The molecule has 2 amide bonds. The predicted octanol–water partition coefficient (Wildman–Crippen LogP) is 3.92. The molecule has 3 aromatic rings. The van der Waals surface area contributed by atoms with Crippen LogP contribution in [0.5, 0.6) is 5.75 Å². The molecule has 0 atom stereocenters. The van der Waals surface area contributed by atoms with E-state index in [-0.39, 0.29) is 11.8 Å². The van der Waals surface area contributed by atoms with Crippen LogP contribution in [0.15, 0.2) is 60.7 Å². The van der Waals surface area contributed by atoms with Crippen molar-refractivity contribution in [1.82, 2.24) is 14.7 Å². The number of hydrogen-bond acceptors (Lipinski definition) is 4. The van der Waals surface area contributed by atoms with Crippen molar-refractivity contribution < 1.29 is 14.3 Å². The molecular formula is C26H28ClN3O3. The van der Waals surface area contributed by atoms with Gasteiger partial charge >= 0.3 is 0 Å². The summed E-state index contributed by atoms with van der Waals surface area (Å²) in [5.41, 5.74) is 1.68. The Morgan fingerprint density at radius 1 is 0.970 bits per heavy atom. The fourth-order valence-electron chi connectivity index (χ4n) is 4.09. The quantitative estimate of drug-likeness (QED) is 0.553. The zero-order chi connectivity index (χ0) is 23.4. The van der Waals surface area contributed by atoms with Gasteiger partial charge in [-0.25, -0.2) is 0 Å². The van der Waals surface area contributed by atoms with Gasteiger partial charge in [-0.15, -0.1) is 0 Å². The van der Waals surface area contributed by atoms with Crippen LogP contribution in [0.1, 0.15) is 15.9 Å². The van der Waals surface area contributed by atoms with Gasteiger partial charge in [0.15, 0.2) is 0 Å². The van der Waals surface area contributed by atoms with Gasteiger partial charge in [0.2, 0.25) is 5.91 Å². The molecule has 0 spiro atoms. The lowest BCUT2D eigenvalue weighted by atomic mass is 10.1. The molecule has 1 heterocycles. The normalized spacial score (nSPS) is 14.3. The van der Waals surface area contributed by atoms with Crippen LogP contribution in [0.3, 0.4) is 0 Å². The minimum Gasteiger partial charge on any atom is -0.497 e. The molecule has 0 radical (unpaired) electrons. The third-order valence-electron chi connectivity index (χ3n) is 6.05. The number of benzene rings is 3. The van der Waals surface area contributed by atoms with Crippen LogP contribution in [0, 0.1) is 0 Å². The standard InChI is InChI=1S/C26H28ClN3O3/c1-28(17-19-6-7-21-16-24(33-2)9-8-20(21)14-19)25(31)18-29-10-12-30(13-11-29)26(32)22-4-3-5-23(27)15-22/h3-9,14-16H,10-13,17-18H2,1-2H3. The van der Waals surface area contributed by atoms with Crippen molar-refractivity contribution in [1.29, 1.82) is 0 Å². The number of ether oxygens (including phenoxy) is 1. The van der Waals surface area contributed by atoms with Gasteiger partial charge in [0.1, 0.15) is 5.75 Å². The Labute approximate surface area is 199 Å². The predicted molar refractivity (Wildman–Crippen MR) is 131 cm³/mol. The number of hydrogen-bond donors (Lipinski definition) is 0. The molecule has 1 fully saturated rings. The lowest BCUT2D eigenvalue weighted by Crippen LogP contribution is -2.51. The molecule has 0 aliphatic carbocycles. The highest BCUT2D eigenvalue weighted by Crippen LogP contribution is 2.22.